The summed E-state index contributed by atoms with van der Waals surface area (Å²) in [6.45, 7) is 6.90. The predicted molar refractivity (Wildman–Crippen MR) is 415 cm³/mol. The molecule has 46 nitrogen and oxygen atoms in total. The van der Waals surface area contributed by atoms with E-state index in [1.165, 1.54) is 20.8 Å². The molecule has 15 atom stereocenters. The van der Waals surface area contributed by atoms with Gasteiger partial charge >= 0.3 is 5.97 Å². The summed E-state index contributed by atoms with van der Waals surface area (Å²) in [6.07, 6.45) is -7.46. The maximum Gasteiger partial charge on any atom is 0.306 e. The number of carbonyl (C=O) groups is 5. The number of ether oxygens (including phenoxy) is 19. The Morgan fingerprint density at radius 2 is 0.689 bits per heavy atom. The van der Waals surface area contributed by atoms with Gasteiger partial charge in [0, 0.05) is 33.6 Å². The molecule has 46 heteroatoms. The molecule has 1 aromatic carbocycles. The third-order valence-electron chi connectivity index (χ3n) is 18.7. The highest BCUT2D eigenvalue weighted by Gasteiger charge is 2.48. The van der Waals surface area contributed by atoms with Crippen molar-refractivity contribution in [1.82, 2.24) is 66.2 Å². The minimum absolute atomic E-state index is 0.0162. The zero-order valence-electron chi connectivity index (χ0n) is 69.4. The molecule has 0 saturated carbocycles. The van der Waals surface area contributed by atoms with Crippen molar-refractivity contribution in [2.24, 2.45) is 0 Å². The molecule has 122 heavy (non-hydrogen) atoms. The number of hydrogen-bond acceptors (Lipinski definition) is 39. The normalized spacial score (nSPS) is 23.1. The zero-order chi connectivity index (χ0) is 87.5. The van der Waals surface area contributed by atoms with Crippen LogP contribution in [0.4, 0.5) is 0 Å². The molecule has 0 aliphatic carbocycles. The summed E-state index contributed by atoms with van der Waals surface area (Å²) >= 11 is 0. The third kappa shape index (κ3) is 38.8. The van der Waals surface area contributed by atoms with Crippen molar-refractivity contribution in [3.63, 3.8) is 0 Å². The number of aliphatic hydroxyl groups excluding tert-OH is 9. The van der Waals surface area contributed by atoms with Gasteiger partial charge in [-0.2, -0.15) is 0 Å². The highest BCUT2D eigenvalue weighted by Crippen LogP contribution is 2.26. The molecule has 0 spiro atoms. The van der Waals surface area contributed by atoms with Crippen LogP contribution in [0.1, 0.15) is 81.9 Å². The SMILES string of the molecule is CC(=O)N[C@H]1[C@H](OCCOCCOCCOCCn2cc(COCC(COCc3cn(CCOCCOCCOCCO[C@@H]4O[C@H](CO)[C@H](O)[C@H](O)[C@H]4NC(C)=O)nn3)(COCc3cn(CCOCCOCCOCCO[C@@H]4O[C@H](CO)[C@H](O)[C@H](O)[C@H]4NC(C)=O)nn3)NC(=O)CCCCCCC(=O)OCc3ccccc3)nn2)O[C@H](CO)[C@H](O)[C@@H]1O. The van der Waals surface area contributed by atoms with Crippen LogP contribution in [-0.2, 0) is 160 Å². The van der Waals surface area contributed by atoms with E-state index < -0.39 is 135 Å². The predicted octanol–water partition coefficient (Wildman–Crippen LogP) is -5.62. The molecule has 3 aliphatic heterocycles. The Bertz CT molecular complexity index is 3210. The number of rotatable bonds is 67. The first kappa shape index (κ1) is 102. The van der Waals surface area contributed by atoms with Crippen LogP contribution >= 0.6 is 0 Å². The Hall–Kier alpha value is -7.09. The van der Waals surface area contributed by atoms with E-state index in [1.54, 1.807) is 32.6 Å². The minimum Gasteiger partial charge on any atom is -0.461 e. The van der Waals surface area contributed by atoms with Crippen molar-refractivity contribution in [2.45, 2.75) is 203 Å². The molecular formula is C76H125N13O33. The van der Waals surface area contributed by atoms with E-state index in [9.17, 15) is 69.9 Å². The minimum atomic E-state index is -1.43. The summed E-state index contributed by atoms with van der Waals surface area (Å²) in [5.74, 6) is -2.03. The van der Waals surface area contributed by atoms with Gasteiger partial charge < -0.3 is 157 Å². The van der Waals surface area contributed by atoms with Crippen LogP contribution in [0.2, 0.25) is 0 Å². The van der Waals surface area contributed by atoms with Crippen LogP contribution < -0.4 is 21.3 Å². The van der Waals surface area contributed by atoms with Crippen LogP contribution in [0.25, 0.3) is 0 Å². The standard InChI is InChI=1S/C76H125N13O33/c1-52(93)77-64-70(101)67(98)59(42-90)120-73(64)116-36-33-110-30-27-107-24-21-104-18-15-87-39-56(81-84-87)46-113-49-76(80-62(96)13-9-4-5-10-14-63(97)119-45-55-11-7-6-8-12-55,50-114-47-57-40-88(85-82-57)16-19-105-22-25-108-28-31-111-34-37-117-74-65(78-53(2)94)71(102)68(99)60(43-91)121-74)51-115-48-58-41-89(86-83-58)17-20-106-23-26-109-29-32-112-35-38-118-75-66(79-54(3)95)72(103)69(100)61(44-92)122-75/h6-8,11-12,39-41,59-61,64-75,90-92,98-103H,4-5,9-10,13-38,42-51H2,1-3H3,(H,77,93)(H,78,94)(H,79,95)(H,80,96)/t59-,60-,61-,64-,65-,66-,67+,68+,69+,70-,71-,72-,73-,74-,75-/m1/s1. The molecule has 0 radical (unpaired) electrons. The van der Waals surface area contributed by atoms with E-state index in [0.717, 1.165) is 5.56 Å². The summed E-state index contributed by atoms with van der Waals surface area (Å²) in [7, 11) is 0. The Labute approximate surface area is 706 Å². The first-order valence-electron chi connectivity index (χ1n) is 40.8. The fourth-order valence-electron chi connectivity index (χ4n) is 12.5. The lowest BCUT2D eigenvalue weighted by atomic mass is 9.97. The summed E-state index contributed by atoms with van der Waals surface area (Å²) < 4.78 is 114. The lowest BCUT2D eigenvalue weighted by Crippen LogP contribution is -2.64. The van der Waals surface area contributed by atoms with E-state index in [2.05, 4.69) is 52.2 Å². The fourth-order valence-corrected chi connectivity index (χ4v) is 12.5. The topological polar surface area (TPSA) is 583 Å². The largest absolute Gasteiger partial charge is 0.461 e. The highest BCUT2D eigenvalue weighted by atomic mass is 16.7. The van der Waals surface area contributed by atoms with Crippen molar-refractivity contribution < 1.29 is 160 Å². The Balaban J connectivity index is 0.870. The average Bonchev–Trinajstić information content (AvgIpc) is 1.37. The molecule has 692 valence electrons. The molecule has 4 aromatic rings. The second-order valence-electron chi connectivity index (χ2n) is 28.7. The van der Waals surface area contributed by atoms with Crippen LogP contribution in [0.3, 0.4) is 0 Å². The number of aliphatic hydroxyl groups is 9. The number of carbonyl (C=O) groups excluding carboxylic acids is 5. The van der Waals surface area contributed by atoms with E-state index in [4.69, 9.17) is 90.0 Å². The number of nitrogens with zero attached hydrogens (tertiary/aromatic N) is 9. The van der Waals surface area contributed by atoms with Gasteiger partial charge in [-0.05, 0) is 18.4 Å². The van der Waals surface area contributed by atoms with Crippen molar-refractivity contribution in [1.29, 1.82) is 0 Å². The number of hydrogen-bond donors (Lipinski definition) is 13. The monoisotopic (exact) mass is 1750 g/mol. The van der Waals surface area contributed by atoms with Crippen LogP contribution in [0, 0.1) is 0 Å². The first-order chi connectivity index (χ1) is 59.2. The summed E-state index contributed by atoms with van der Waals surface area (Å²) in [4.78, 5) is 61.9. The maximum atomic E-state index is 14.2. The number of nitrogens with one attached hydrogen (secondary N) is 4. The number of benzene rings is 1. The van der Waals surface area contributed by atoms with Crippen LogP contribution in [-0.4, -0.2) is 396 Å². The maximum absolute atomic E-state index is 14.2. The van der Waals surface area contributed by atoms with Gasteiger partial charge in [0.25, 0.3) is 0 Å². The Morgan fingerprint density at radius 1 is 0.385 bits per heavy atom. The van der Waals surface area contributed by atoms with Crippen molar-refractivity contribution >= 4 is 29.6 Å². The van der Waals surface area contributed by atoms with Crippen LogP contribution in [0.5, 0.6) is 0 Å². The van der Waals surface area contributed by atoms with Gasteiger partial charge in [0.1, 0.15) is 102 Å². The Kier molecular flexibility index (Phi) is 49.3. The van der Waals surface area contributed by atoms with Gasteiger partial charge in [-0.15, -0.1) is 15.3 Å². The number of aromatic nitrogens is 9. The fraction of sp³-hybridized carbons (Fsp3) is 0.776. The van der Waals surface area contributed by atoms with Gasteiger partial charge in [0.05, 0.1) is 236 Å². The zero-order valence-corrected chi connectivity index (χ0v) is 69.4. The molecule has 13 N–H and O–H groups in total. The lowest BCUT2D eigenvalue weighted by Gasteiger charge is -2.42. The second-order valence-corrected chi connectivity index (χ2v) is 28.7. The molecule has 3 aromatic heterocycles. The van der Waals surface area contributed by atoms with E-state index in [1.807, 2.05) is 30.3 Å². The summed E-state index contributed by atoms with van der Waals surface area (Å²) in [5.41, 5.74) is 0.963. The third-order valence-corrected chi connectivity index (χ3v) is 18.7. The molecule has 0 unspecified atom stereocenters. The Morgan fingerprint density at radius 3 is 1.00 bits per heavy atom. The molecule has 3 saturated heterocycles. The van der Waals surface area contributed by atoms with E-state index in [0.29, 0.717) is 62.4 Å². The highest BCUT2D eigenvalue weighted by molar-refractivity contribution is 5.77. The number of esters is 1. The molecule has 6 heterocycles. The van der Waals surface area contributed by atoms with Crippen molar-refractivity contribution in [3.8, 4) is 0 Å². The summed E-state index contributed by atoms with van der Waals surface area (Å²) in [6, 6.07) is 6.20. The lowest BCUT2D eigenvalue weighted by molar-refractivity contribution is -0.272. The van der Waals surface area contributed by atoms with Gasteiger partial charge in [-0.1, -0.05) is 58.8 Å². The van der Waals surface area contributed by atoms with Crippen molar-refractivity contribution in [3.05, 3.63) is 71.6 Å². The van der Waals surface area contributed by atoms with E-state index in [-0.39, 0.29) is 210 Å². The molecule has 3 fully saturated rings. The quantitative estimate of drug-likeness (QED) is 0.0145. The average molecular weight is 1750 g/mol. The van der Waals surface area contributed by atoms with Gasteiger partial charge in [0.2, 0.25) is 23.6 Å². The van der Waals surface area contributed by atoms with E-state index >= 15 is 0 Å². The molecular weight excluding hydrogens is 1620 g/mol. The number of amides is 4. The van der Waals surface area contributed by atoms with Crippen molar-refractivity contribution in [2.75, 3.05) is 178 Å². The molecule has 0 bridgehead atoms. The first-order valence-corrected chi connectivity index (χ1v) is 40.8. The van der Waals surface area contributed by atoms with Gasteiger partial charge in [0.15, 0.2) is 18.9 Å². The smallest absolute Gasteiger partial charge is 0.306 e. The molecule has 7 rings (SSSR count). The molecule has 4 amide bonds. The second kappa shape index (κ2) is 59.0. The summed E-state index contributed by atoms with van der Waals surface area (Å²) in [5, 5.41) is 127. The van der Waals surface area contributed by atoms with Gasteiger partial charge in [-0.3, -0.25) is 24.0 Å². The molecule has 3 aliphatic rings. The number of unbranched alkanes of at least 4 members (excludes halogenated alkanes) is 3. The van der Waals surface area contributed by atoms with Gasteiger partial charge in [-0.25, -0.2) is 14.0 Å². The van der Waals surface area contributed by atoms with Crippen LogP contribution in [0.15, 0.2) is 48.9 Å².